The Morgan fingerprint density at radius 3 is 1.31 bits per heavy atom. The van der Waals surface area contributed by atoms with Gasteiger partial charge < -0.3 is 29.2 Å². The first-order chi connectivity index (χ1) is 7.65. The zero-order valence-electron chi connectivity index (χ0n) is 9.68. The minimum absolute atomic E-state index is 0.618. The predicted molar refractivity (Wildman–Crippen MR) is 56.0 cm³/mol. The van der Waals surface area contributed by atoms with Gasteiger partial charge in [0.2, 0.25) is 0 Å². The van der Waals surface area contributed by atoms with E-state index in [0.717, 1.165) is 0 Å². The lowest BCUT2D eigenvalue weighted by Gasteiger charge is -2.04. The van der Waals surface area contributed by atoms with E-state index in [4.69, 9.17) is 34.0 Å². The van der Waals surface area contributed by atoms with E-state index in [1.807, 2.05) is 0 Å². The maximum Gasteiger partial charge on any atom is 0.503 e. The summed E-state index contributed by atoms with van der Waals surface area (Å²) in [6, 6.07) is 0. The second-order valence-corrected chi connectivity index (χ2v) is 2.49. The first-order valence-electron chi connectivity index (χ1n) is 4.70. The minimum Gasteiger partial charge on any atom is -0.450 e. The summed E-state index contributed by atoms with van der Waals surface area (Å²) in [6.07, 6.45) is -1.83. The number of carbonyl (C=O) groups is 1. The van der Waals surface area contributed by atoms with Crippen LogP contribution in [0, 0.1) is 0 Å². The third kappa shape index (κ3) is 29.2. The summed E-state index contributed by atoms with van der Waals surface area (Å²) < 4.78 is 19.9. The highest BCUT2D eigenvalue weighted by Crippen LogP contribution is 1.79. The Balaban J connectivity index is 0. The SMILES string of the molecule is COCCOCCOCCOC.O=C(O)O. The fourth-order valence-corrected chi connectivity index (χ4v) is 0.606. The molecule has 0 aromatic heterocycles. The number of rotatable bonds is 9. The van der Waals surface area contributed by atoms with E-state index < -0.39 is 6.16 Å². The van der Waals surface area contributed by atoms with Gasteiger partial charge in [-0.1, -0.05) is 0 Å². The predicted octanol–water partition coefficient (Wildman–Crippen LogP) is 0.535. The summed E-state index contributed by atoms with van der Waals surface area (Å²) >= 11 is 0. The van der Waals surface area contributed by atoms with Crippen molar-refractivity contribution in [3.8, 4) is 0 Å². The van der Waals surface area contributed by atoms with Gasteiger partial charge in [0.15, 0.2) is 0 Å². The third-order valence-electron chi connectivity index (χ3n) is 1.24. The van der Waals surface area contributed by atoms with E-state index in [1.165, 1.54) is 0 Å². The van der Waals surface area contributed by atoms with Gasteiger partial charge in [-0.15, -0.1) is 0 Å². The minimum atomic E-state index is -1.83. The Morgan fingerprint density at radius 2 is 1.06 bits per heavy atom. The molecule has 0 aliphatic heterocycles. The summed E-state index contributed by atoms with van der Waals surface area (Å²) in [5.74, 6) is 0. The average Bonchev–Trinajstić information content (AvgIpc) is 2.21. The van der Waals surface area contributed by atoms with Crippen LogP contribution in [0.15, 0.2) is 0 Å². The molecule has 0 bridgehead atoms. The van der Waals surface area contributed by atoms with Gasteiger partial charge in [-0.05, 0) is 0 Å². The van der Waals surface area contributed by atoms with E-state index >= 15 is 0 Å². The van der Waals surface area contributed by atoms with Gasteiger partial charge in [-0.2, -0.15) is 0 Å². The van der Waals surface area contributed by atoms with Gasteiger partial charge in [0.05, 0.1) is 39.6 Å². The Bertz CT molecular complexity index is 126. The lowest BCUT2D eigenvalue weighted by atomic mass is 10.7. The van der Waals surface area contributed by atoms with Crippen molar-refractivity contribution in [2.75, 3.05) is 53.9 Å². The van der Waals surface area contributed by atoms with Crippen molar-refractivity contribution < 1.29 is 34.0 Å². The number of ether oxygens (including phenoxy) is 4. The molecule has 0 aromatic rings. The molecule has 7 nitrogen and oxygen atoms in total. The number of hydrogen-bond donors (Lipinski definition) is 2. The van der Waals surface area contributed by atoms with Crippen LogP contribution in [0.4, 0.5) is 4.79 Å². The van der Waals surface area contributed by atoms with Crippen LogP contribution in [0.2, 0.25) is 0 Å². The van der Waals surface area contributed by atoms with Crippen LogP contribution in [-0.4, -0.2) is 70.2 Å². The molecule has 0 unspecified atom stereocenters. The Morgan fingerprint density at radius 1 is 0.812 bits per heavy atom. The summed E-state index contributed by atoms with van der Waals surface area (Å²) in [5.41, 5.74) is 0. The Kier molecular flexibility index (Phi) is 18.1. The second kappa shape index (κ2) is 16.5. The lowest BCUT2D eigenvalue weighted by Crippen LogP contribution is -2.10. The molecule has 7 heteroatoms. The zero-order chi connectivity index (χ0) is 12.6. The molecule has 0 heterocycles. The molecular formula is C9H20O7. The van der Waals surface area contributed by atoms with E-state index in [9.17, 15) is 0 Å². The van der Waals surface area contributed by atoms with Gasteiger partial charge >= 0.3 is 6.16 Å². The molecule has 0 saturated carbocycles. The molecule has 0 aliphatic carbocycles. The van der Waals surface area contributed by atoms with Crippen LogP contribution in [0.1, 0.15) is 0 Å². The topological polar surface area (TPSA) is 94.5 Å². The quantitative estimate of drug-likeness (QED) is 0.568. The summed E-state index contributed by atoms with van der Waals surface area (Å²) in [7, 11) is 3.30. The van der Waals surface area contributed by atoms with Crippen molar-refractivity contribution >= 4 is 6.16 Å². The van der Waals surface area contributed by atoms with Gasteiger partial charge in [0.25, 0.3) is 0 Å². The largest absolute Gasteiger partial charge is 0.503 e. The normalized spacial score (nSPS) is 9.38. The molecule has 0 rings (SSSR count). The Labute approximate surface area is 94.9 Å². The molecule has 0 spiro atoms. The summed E-state index contributed by atoms with van der Waals surface area (Å²) in [6.45, 7) is 3.77. The van der Waals surface area contributed by atoms with Crippen LogP contribution < -0.4 is 0 Å². The highest BCUT2D eigenvalue weighted by atomic mass is 16.6. The van der Waals surface area contributed by atoms with Gasteiger partial charge in [-0.3, -0.25) is 0 Å². The van der Waals surface area contributed by atoms with Crippen LogP contribution in [0.5, 0.6) is 0 Å². The van der Waals surface area contributed by atoms with Crippen molar-refractivity contribution in [2.24, 2.45) is 0 Å². The van der Waals surface area contributed by atoms with Crippen LogP contribution in [-0.2, 0) is 18.9 Å². The highest BCUT2D eigenvalue weighted by molar-refractivity contribution is 5.53. The number of methoxy groups -OCH3 is 2. The van der Waals surface area contributed by atoms with E-state index in [0.29, 0.717) is 39.6 Å². The molecule has 2 N–H and O–H groups in total. The molecular weight excluding hydrogens is 220 g/mol. The molecule has 16 heavy (non-hydrogen) atoms. The maximum atomic E-state index is 8.56. The maximum absolute atomic E-state index is 8.56. The standard InChI is InChI=1S/C8H18O4.CH2O3/c1-9-3-5-11-7-8-12-6-4-10-2;2-1(3)4/h3-8H2,1-2H3;(H2,2,3,4). The fourth-order valence-electron chi connectivity index (χ4n) is 0.606. The Hall–Kier alpha value is -0.890. The zero-order valence-corrected chi connectivity index (χ0v) is 9.68. The van der Waals surface area contributed by atoms with Crippen molar-refractivity contribution in [3.63, 3.8) is 0 Å². The van der Waals surface area contributed by atoms with Crippen LogP contribution in [0.25, 0.3) is 0 Å². The van der Waals surface area contributed by atoms with E-state index in [-0.39, 0.29) is 0 Å². The monoisotopic (exact) mass is 240 g/mol. The van der Waals surface area contributed by atoms with Crippen LogP contribution in [0.3, 0.4) is 0 Å². The molecule has 0 atom stereocenters. The molecule has 0 aliphatic rings. The first kappa shape index (κ1) is 17.5. The molecule has 0 saturated heterocycles. The van der Waals surface area contributed by atoms with Gasteiger partial charge in [0, 0.05) is 14.2 Å². The molecule has 0 fully saturated rings. The van der Waals surface area contributed by atoms with Crippen molar-refractivity contribution in [1.29, 1.82) is 0 Å². The summed E-state index contributed by atoms with van der Waals surface area (Å²) in [4.78, 5) is 8.56. The smallest absolute Gasteiger partial charge is 0.450 e. The van der Waals surface area contributed by atoms with E-state index in [2.05, 4.69) is 0 Å². The highest BCUT2D eigenvalue weighted by Gasteiger charge is 1.88. The van der Waals surface area contributed by atoms with E-state index in [1.54, 1.807) is 14.2 Å². The molecule has 0 amide bonds. The van der Waals surface area contributed by atoms with Crippen molar-refractivity contribution in [2.45, 2.75) is 0 Å². The number of hydrogen-bond acceptors (Lipinski definition) is 5. The number of carboxylic acid groups (broad SMARTS) is 2. The first-order valence-corrected chi connectivity index (χ1v) is 4.70. The molecule has 0 radical (unpaired) electrons. The molecule has 98 valence electrons. The fraction of sp³-hybridized carbons (Fsp3) is 0.889. The van der Waals surface area contributed by atoms with Crippen LogP contribution >= 0.6 is 0 Å². The molecule has 0 aromatic carbocycles. The average molecular weight is 240 g/mol. The van der Waals surface area contributed by atoms with Gasteiger partial charge in [0.1, 0.15) is 0 Å². The second-order valence-electron chi connectivity index (χ2n) is 2.49. The third-order valence-corrected chi connectivity index (χ3v) is 1.24. The van der Waals surface area contributed by atoms with Gasteiger partial charge in [-0.25, -0.2) is 4.79 Å². The summed E-state index contributed by atoms with van der Waals surface area (Å²) in [5, 5.41) is 13.9. The van der Waals surface area contributed by atoms with Crippen molar-refractivity contribution in [1.82, 2.24) is 0 Å². The lowest BCUT2D eigenvalue weighted by molar-refractivity contribution is 0.0106. The van der Waals surface area contributed by atoms with Crippen molar-refractivity contribution in [3.05, 3.63) is 0 Å².